The van der Waals surface area contributed by atoms with Crippen molar-refractivity contribution in [1.29, 1.82) is 0 Å². The number of benzene rings is 1. The van der Waals surface area contributed by atoms with E-state index in [1.165, 1.54) is 0 Å². The Kier molecular flexibility index (Phi) is 7.57. The number of amides is 1. The molecule has 2 aromatic rings. The number of halogens is 1. The number of rotatable bonds is 7. The number of carbonyl (C=O) groups excluding carboxylic acids is 1. The standard InChI is InChI=1S/C16H22N4O2.ClH/c1-12(2)11-22-14-10-20(13-6-4-3-5-7-13)19-15(14)16(21)18-9-8-17;/h3-7,10,12H,8-9,11,17H2,1-2H3,(H,18,21);1H. The maximum absolute atomic E-state index is 12.2. The van der Waals surface area contributed by atoms with Crippen LogP contribution in [0.3, 0.4) is 0 Å². The Labute approximate surface area is 142 Å². The Bertz CT molecular complexity index is 614. The van der Waals surface area contributed by atoms with Crippen molar-refractivity contribution in [3.05, 3.63) is 42.2 Å². The maximum Gasteiger partial charge on any atom is 0.275 e. The highest BCUT2D eigenvalue weighted by Crippen LogP contribution is 2.20. The van der Waals surface area contributed by atoms with Crippen LogP contribution in [0.5, 0.6) is 5.75 Å². The third-order valence-electron chi connectivity index (χ3n) is 2.92. The molecular formula is C16H23ClN4O2. The Morgan fingerprint density at radius 3 is 2.65 bits per heavy atom. The number of para-hydroxylation sites is 1. The highest BCUT2D eigenvalue weighted by atomic mass is 35.5. The van der Waals surface area contributed by atoms with Gasteiger partial charge < -0.3 is 15.8 Å². The highest BCUT2D eigenvalue weighted by Gasteiger charge is 2.18. The van der Waals surface area contributed by atoms with E-state index in [0.717, 1.165) is 5.69 Å². The van der Waals surface area contributed by atoms with Crippen LogP contribution in [-0.4, -0.2) is 35.4 Å². The van der Waals surface area contributed by atoms with E-state index in [0.29, 0.717) is 31.4 Å². The first kappa shape index (κ1) is 19.0. The summed E-state index contributed by atoms with van der Waals surface area (Å²) in [7, 11) is 0. The first-order valence-electron chi connectivity index (χ1n) is 7.38. The minimum absolute atomic E-state index is 0. The van der Waals surface area contributed by atoms with E-state index in [2.05, 4.69) is 24.3 Å². The van der Waals surface area contributed by atoms with Gasteiger partial charge in [-0.3, -0.25) is 4.79 Å². The van der Waals surface area contributed by atoms with E-state index in [9.17, 15) is 4.79 Å². The Hall–Kier alpha value is -2.05. The Morgan fingerprint density at radius 2 is 2.04 bits per heavy atom. The van der Waals surface area contributed by atoms with E-state index in [1.807, 2.05) is 30.3 Å². The number of carbonyl (C=O) groups is 1. The third-order valence-corrected chi connectivity index (χ3v) is 2.92. The van der Waals surface area contributed by atoms with Gasteiger partial charge in [0.1, 0.15) is 0 Å². The SMILES string of the molecule is CC(C)COc1cn(-c2ccccc2)nc1C(=O)NCCN.Cl. The number of nitrogens with zero attached hydrogens (tertiary/aromatic N) is 2. The molecular weight excluding hydrogens is 316 g/mol. The molecule has 0 aliphatic rings. The average molecular weight is 339 g/mol. The van der Waals surface area contributed by atoms with Crippen molar-refractivity contribution < 1.29 is 9.53 Å². The van der Waals surface area contributed by atoms with Gasteiger partial charge in [-0.1, -0.05) is 32.0 Å². The summed E-state index contributed by atoms with van der Waals surface area (Å²) in [5.74, 6) is 0.561. The number of hydrogen-bond donors (Lipinski definition) is 2. The molecule has 0 spiro atoms. The highest BCUT2D eigenvalue weighted by molar-refractivity contribution is 5.94. The molecule has 0 atom stereocenters. The Balaban J connectivity index is 0.00000264. The second kappa shape index (κ2) is 9.17. The molecule has 0 radical (unpaired) electrons. The molecule has 1 aromatic heterocycles. The molecule has 6 nitrogen and oxygen atoms in total. The van der Waals surface area contributed by atoms with Crippen LogP contribution >= 0.6 is 12.4 Å². The molecule has 1 heterocycles. The molecule has 0 unspecified atom stereocenters. The first-order valence-corrected chi connectivity index (χ1v) is 7.38. The van der Waals surface area contributed by atoms with Crippen LogP contribution in [0.1, 0.15) is 24.3 Å². The molecule has 2 rings (SSSR count). The van der Waals surface area contributed by atoms with Crippen molar-refractivity contribution in [1.82, 2.24) is 15.1 Å². The van der Waals surface area contributed by atoms with Crippen LogP contribution < -0.4 is 15.8 Å². The number of nitrogens with two attached hydrogens (primary N) is 1. The molecule has 3 N–H and O–H groups in total. The van der Waals surface area contributed by atoms with Crippen LogP contribution in [0.25, 0.3) is 5.69 Å². The lowest BCUT2D eigenvalue weighted by Crippen LogP contribution is -2.29. The van der Waals surface area contributed by atoms with Crippen molar-refractivity contribution in [3.8, 4) is 11.4 Å². The normalized spacial score (nSPS) is 10.3. The molecule has 0 aliphatic carbocycles. The zero-order valence-electron chi connectivity index (χ0n) is 13.4. The van der Waals surface area contributed by atoms with Crippen LogP contribution in [-0.2, 0) is 0 Å². The predicted molar refractivity (Wildman–Crippen MR) is 92.5 cm³/mol. The van der Waals surface area contributed by atoms with Crippen molar-refractivity contribution >= 4 is 18.3 Å². The summed E-state index contributed by atoms with van der Waals surface area (Å²) in [5.41, 5.74) is 6.56. The Morgan fingerprint density at radius 1 is 1.35 bits per heavy atom. The number of aromatic nitrogens is 2. The monoisotopic (exact) mass is 338 g/mol. The van der Waals surface area contributed by atoms with E-state index < -0.39 is 0 Å². The third kappa shape index (κ3) is 5.26. The second-order valence-corrected chi connectivity index (χ2v) is 5.37. The van der Waals surface area contributed by atoms with Gasteiger partial charge in [0.15, 0.2) is 11.4 Å². The van der Waals surface area contributed by atoms with Crippen LogP contribution in [0.4, 0.5) is 0 Å². The molecule has 0 bridgehead atoms. The van der Waals surface area contributed by atoms with Gasteiger partial charge in [-0.05, 0) is 18.1 Å². The van der Waals surface area contributed by atoms with Crippen LogP contribution in [0.2, 0.25) is 0 Å². The summed E-state index contributed by atoms with van der Waals surface area (Å²) in [4.78, 5) is 12.2. The van der Waals surface area contributed by atoms with Gasteiger partial charge in [0.2, 0.25) is 0 Å². The van der Waals surface area contributed by atoms with Crippen molar-refractivity contribution in [2.45, 2.75) is 13.8 Å². The van der Waals surface area contributed by atoms with E-state index in [1.54, 1.807) is 10.9 Å². The zero-order chi connectivity index (χ0) is 15.9. The lowest BCUT2D eigenvalue weighted by molar-refractivity contribution is 0.0944. The molecule has 0 saturated carbocycles. The van der Waals surface area contributed by atoms with E-state index in [-0.39, 0.29) is 24.0 Å². The van der Waals surface area contributed by atoms with Gasteiger partial charge in [0.25, 0.3) is 5.91 Å². The average Bonchev–Trinajstić information content (AvgIpc) is 2.96. The predicted octanol–water partition coefficient (Wildman–Crippen LogP) is 2.02. The summed E-state index contributed by atoms with van der Waals surface area (Å²) >= 11 is 0. The summed E-state index contributed by atoms with van der Waals surface area (Å²) in [6.45, 7) is 5.41. The molecule has 1 aromatic carbocycles. The maximum atomic E-state index is 12.2. The van der Waals surface area contributed by atoms with Gasteiger partial charge in [0, 0.05) is 13.1 Å². The van der Waals surface area contributed by atoms with Crippen LogP contribution in [0, 0.1) is 5.92 Å². The fraction of sp³-hybridized carbons (Fsp3) is 0.375. The summed E-state index contributed by atoms with van der Waals surface area (Å²) < 4.78 is 7.37. The van der Waals surface area contributed by atoms with Gasteiger partial charge in [0.05, 0.1) is 18.5 Å². The van der Waals surface area contributed by atoms with E-state index >= 15 is 0 Å². The topological polar surface area (TPSA) is 82.2 Å². The molecule has 0 aliphatic heterocycles. The fourth-order valence-corrected chi connectivity index (χ4v) is 1.86. The molecule has 23 heavy (non-hydrogen) atoms. The van der Waals surface area contributed by atoms with Gasteiger partial charge in [-0.15, -0.1) is 12.4 Å². The molecule has 0 saturated heterocycles. The molecule has 0 fully saturated rings. The summed E-state index contributed by atoms with van der Waals surface area (Å²) in [5, 5.41) is 7.07. The fourth-order valence-electron chi connectivity index (χ4n) is 1.86. The molecule has 1 amide bonds. The minimum atomic E-state index is -0.279. The largest absolute Gasteiger partial charge is 0.489 e. The van der Waals surface area contributed by atoms with Gasteiger partial charge in [-0.2, -0.15) is 5.10 Å². The summed E-state index contributed by atoms with van der Waals surface area (Å²) in [6, 6.07) is 9.60. The molecule has 7 heteroatoms. The van der Waals surface area contributed by atoms with Crippen molar-refractivity contribution in [2.75, 3.05) is 19.7 Å². The quantitative estimate of drug-likeness (QED) is 0.809. The molecule has 126 valence electrons. The first-order chi connectivity index (χ1) is 10.6. The lowest BCUT2D eigenvalue weighted by Gasteiger charge is -2.08. The smallest absolute Gasteiger partial charge is 0.275 e. The van der Waals surface area contributed by atoms with Crippen molar-refractivity contribution in [3.63, 3.8) is 0 Å². The minimum Gasteiger partial charge on any atom is -0.489 e. The lowest BCUT2D eigenvalue weighted by atomic mass is 10.2. The zero-order valence-corrected chi connectivity index (χ0v) is 14.2. The summed E-state index contributed by atoms with van der Waals surface area (Å²) in [6.07, 6.45) is 1.73. The van der Waals surface area contributed by atoms with Gasteiger partial charge in [-0.25, -0.2) is 4.68 Å². The van der Waals surface area contributed by atoms with Crippen molar-refractivity contribution in [2.24, 2.45) is 11.7 Å². The van der Waals surface area contributed by atoms with E-state index in [4.69, 9.17) is 10.5 Å². The van der Waals surface area contributed by atoms with Crippen LogP contribution in [0.15, 0.2) is 36.5 Å². The number of nitrogens with one attached hydrogen (secondary N) is 1. The number of ether oxygens (including phenoxy) is 1. The second-order valence-electron chi connectivity index (χ2n) is 5.37. The van der Waals surface area contributed by atoms with Gasteiger partial charge >= 0.3 is 0 Å². The number of hydrogen-bond acceptors (Lipinski definition) is 4.